The van der Waals surface area contributed by atoms with Crippen molar-refractivity contribution in [3.8, 4) is 0 Å². The Hall–Kier alpha value is -2.75. The third-order valence-corrected chi connectivity index (χ3v) is 7.10. The standard InChI is InChI=1S/C24H32N4O4S/c1-18-9-11-22(12-10-18)33(31,32)25-15-19-6-5-13-28(16-19)17-23(29)26-21-8-4-7-20(14-21)24(30)27(2)3/h4,7-12,14,19,25H,5-6,13,15-17H2,1-3H3,(H,26,29). The molecule has 2 N–H and O–H groups in total. The maximum absolute atomic E-state index is 12.6. The van der Waals surface area contributed by atoms with Crippen molar-refractivity contribution >= 4 is 27.5 Å². The SMILES string of the molecule is Cc1ccc(S(=O)(=O)NCC2CCCN(CC(=O)Nc3cccc(C(=O)N(C)C)c3)C2)cc1. The number of nitrogens with one attached hydrogen (secondary N) is 2. The Morgan fingerprint density at radius 2 is 1.85 bits per heavy atom. The number of hydrogen-bond acceptors (Lipinski definition) is 5. The smallest absolute Gasteiger partial charge is 0.253 e. The molecule has 1 saturated heterocycles. The molecule has 1 aliphatic heterocycles. The Labute approximate surface area is 196 Å². The number of rotatable bonds is 8. The van der Waals surface area contributed by atoms with Gasteiger partial charge in [-0.2, -0.15) is 0 Å². The molecule has 1 unspecified atom stereocenters. The van der Waals surface area contributed by atoms with Gasteiger partial charge in [-0.3, -0.25) is 14.5 Å². The number of benzene rings is 2. The van der Waals surface area contributed by atoms with Crippen LogP contribution < -0.4 is 10.0 Å². The molecule has 0 aliphatic carbocycles. The second-order valence-electron chi connectivity index (χ2n) is 8.74. The van der Waals surface area contributed by atoms with Gasteiger partial charge in [0.05, 0.1) is 11.4 Å². The number of nitrogens with zero attached hydrogens (tertiary/aromatic N) is 2. The van der Waals surface area contributed by atoms with Crippen LogP contribution in [0.4, 0.5) is 5.69 Å². The first-order valence-electron chi connectivity index (χ1n) is 11.0. The summed E-state index contributed by atoms with van der Waals surface area (Å²) in [5, 5.41) is 2.86. The van der Waals surface area contributed by atoms with Crippen LogP contribution in [0.2, 0.25) is 0 Å². The van der Waals surface area contributed by atoms with Crippen LogP contribution in [0.1, 0.15) is 28.8 Å². The molecule has 0 aromatic heterocycles. The van der Waals surface area contributed by atoms with Crippen LogP contribution in [-0.4, -0.2) is 70.3 Å². The number of amides is 2. The zero-order valence-electron chi connectivity index (χ0n) is 19.4. The molecule has 9 heteroatoms. The number of hydrogen-bond donors (Lipinski definition) is 2. The van der Waals surface area contributed by atoms with Crippen molar-refractivity contribution in [2.75, 3.05) is 45.6 Å². The predicted molar refractivity (Wildman–Crippen MR) is 129 cm³/mol. The molecule has 0 saturated carbocycles. The minimum atomic E-state index is -3.55. The third kappa shape index (κ3) is 7.12. The molecule has 3 rings (SSSR count). The molecule has 2 amide bonds. The summed E-state index contributed by atoms with van der Waals surface area (Å²) in [5.41, 5.74) is 2.09. The second-order valence-corrected chi connectivity index (χ2v) is 10.5. The highest BCUT2D eigenvalue weighted by atomic mass is 32.2. The predicted octanol–water partition coefficient (Wildman–Crippen LogP) is 2.33. The van der Waals surface area contributed by atoms with E-state index in [1.807, 2.05) is 11.8 Å². The zero-order chi connectivity index (χ0) is 24.0. The van der Waals surface area contributed by atoms with Gasteiger partial charge in [-0.05, 0) is 62.6 Å². The molecular weight excluding hydrogens is 440 g/mol. The lowest BCUT2D eigenvalue weighted by atomic mass is 9.98. The summed E-state index contributed by atoms with van der Waals surface area (Å²) in [4.78, 5) is 28.5. The van der Waals surface area contributed by atoms with Gasteiger partial charge in [-0.1, -0.05) is 23.8 Å². The quantitative estimate of drug-likeness (QED) is 0.614. The molecule has 1 aliphatic rings. The molecule has 33 heavy (non-hydrogen) atoms. The first kappa shape index (κ1) is 24.9. The summed E-state index contributed by atoms with van der Waals surface area (Å²) in [5.74, 6) is -0.156. The summed E-state index contributed by atoms with van der Waals surface area (Å²) in [6.45, 7) is 3.89. The van der Waals surface area contributed by atoms with E-state index < -0.39 is 10.0 Å². The first-order valence-corrected chi connectivity index (χ1v) is 12.5. The van der Waals surface area contributed by atoms with Crippen molar-refractivity contribution in [1.82, 2.24) is 14.5 Å². The Balaban J connectivity index is 1.51. The van der Waals surface area contributed by atoms with Crippen molar-refractivity contribution in [2.24, 2.45) is 5.92 Å². The molecule has 0 bridgehead atoms. The largest absolute Gasteiger partial charge is 0.345 e. The summed E-state index contributed by atoms with van der Waals surface area (Å²) in [7, 11) is -0.190. The molecule has 1 fully saturated rings. The van der Waals surface area contributed by atoms with E-state index in [4.69, 9.17) is 0 Å². The molecule has 0 spiro atoms. The molecule has 2 aromatic carbocycles. The van der Waals surface area contributed by atoms with E-state index in [1.165, 1.54) is 4.90 Å². The van der Waals surface area contributed by atoms with E-state index >= 15 is 0 Å². The van der Waals surface area contributed by atoms with Gasteiger partial charge in [0.15, 0.2) is 0 Å². The fourth-order valence-electron chi connectivity index (χ4n) is 3.88. The van der Waals surface area contributed by atoms with Gasteiger partial charge < -0.3 is 10.2 Å². The van der Waals surface area contributed by atoms with Gasteiger partial charge in [0, 0.05) is 38.4 Å². The van der Waals surface area contributed by atoms with Gasteiger partial charge >= 0.3 is 0 Å². The van der Waals surface area contributed by atoms with Gasteiger partial charge in [-0.25, -0.2) is 13.1 Å². The van der Waals surface area contributed by atoms with Crippen LogP contribution in [-0.2, 0) is 14.8 Å². The minimum Gasteiger partial charge on any atom is -0.345 e. The highest BCUT2D eigenvalue weighted by Gasteiger charge is 2.24. The van der Waals surface area contributed by atoms with Crippen LogP contribution in [0, 0.1) is 12.8 Å². The van der Waals surface area contributed by atoms with Crippen molar-refractivity contribution in [3.05, 3.63) is 59.7 Å². The van der Waals surface area contributed by atoms with E-state index in [2.05, 4.69) is 10.0 Å². The summed E-state index contributed by atoms with van der Waals surface area (Å²) in [6, 6.07) is 13.6. The van der Waals surface area contributed by atoms with Crippen LogP contribution in [0.3, 0.4) is 0 Å². The van der Waals surface area contributed by atoms with Crippen LogP contribution in [0.15, 0.2) is 53.4 Å². The summed E-state index contributed by atoms with van der Waals surface area (Å²) in [6.07, 6.45) is 1.81. The molecule has 1 heterocycles. The van der Waals surface area contributed by atoms with Crippen LogP contribution >= 0.6 is 0 Å². The van der Waals surface area contributed by atoms with Crippen LogP contribution in [0.5, 0.6) is 0 Å². The lowest BCUT2D eigenvalue weighted by molar-refractivity contribution is -0.117. The van der Waals surface area contributed by atoms with E-state index in [-0.39, 0.29) is 29.2 Å². The van der Waals surface area contributed by atoms with Crippen LogP contribution in [0.25, 0.3) is 0 Å². The van der Waals surface area contributed by atoms with Gasteiger partial charge in [0.2, 0.25) is 15.9 Å². The van der Waals surface area contributed by atoms with Gasteiger partial charge in [0.1, 0.15) is 0 Å². The first-order chi connectivity index (χ1) is 15.6. The molecule has 178 valence electrons. The number of anilines is 1. The number of carbonyl (C=O) groups is 2. The van der Waals surface area contributed by atoms with Crippen molar-refractivity contribution in [3.63, 3.8) is 0 Å². The Bertz CT molecular complexity index is 1080. The fourth-order valence-corrected chi connectivity index (χ4v) is 5.00. The average molecular weight is 473 g/mol. The summed E-state index contributed by atoms with van der Waals surface area (Å²) >= 11 is 0. The lowest BCUT2D eigenvalue weighted by Crippen LogP contribution is -2.43. The monoisotopic (exact) mass is 472 g/mol. The summed E-state index contributed by atoms with van der Waals surface area (Å²) < 4.78 is 27.8. The lowest BCUT2D eigenvalue weighted by Gasteiger charge is -2.32. The van der Waals surface area contributed by atoms with Crippen molar-refractivity contribution in [2.45, 2.75) is 24.7 Å². The number of aryl methyl sites for hydroxylation is 1. The van der Waals surface area contributed by atoms with E-state index in [0.29, 0.717) is 24.3 Å². The number of carbonyl (C=O) groups excluding carboxylic acids is 2. The Morgan fingerprint density at radius 3 is 2.55 bits per heavy atom. The number of likely N-dealkylation sites (tertiary alicyclic amines) is 1. The highest BCUT2D eigenvalue weighted by Crippen LogP contribution is 2.18. The third-order valence-electron chi connectivity index (χ3n) is 5.66. The molecular formula is C24H32N4O4S. The zero-order valence-corrected chi connectivity index (χ0v) is 20.2. The molecule has 8 nitrogen and oxygen atoms in total. The maximum atomic E-state index is 12.6. The number of sulfonamides is 1. The molecule has 2 aromatic rings. The van der Waals surface area contributed by atoms with E-state index in [0.717, 1.165) is 24.9 Å². The fraction of sp³-hybridized carbons (Fsp3) is 0.417. The normalized spacial score (nSPS) is 16.9. The topological polar surface area (TPSA) is 98.8 Å². The minimum absolute atomic E-state index is 0.127. The maximum Gasteiger partial charge on any atom is 0.253 e. The number of piperidine rings is 1. The van der Waals surface area contributed by atoms with Crippen molar-refractivity contribution < 1.29 is 18.0 Å². The van der Waals surface area contributed by atoms with Gasteiger partial charge in [-0.15, -0.1) is 0 Å². The van der Waals surface area contributed by atoms with E-state index in [1.54, 1.807) is 62.6 Å². The Kier molecular flexibility index (Phi) is 8.23. The Morgan fingerprint density at radius 1 is 1.12 bits per heavy atom. The van der Waals surface area contributed by atoms with Gasteiger partial charge in [0.25, 0.3) is 5.91 Å². The molecule has 0 radical (unpaired) electrons. The second kappa shape index (κ2) is 10.9. The average Bonchev–Trinajstić information content (AvgIpc) is 2.78. The highest BCUT2D eigenvalue weighted by molar-refractivity contribution is 7.89. The molecule has 1 atom stereocenters. The van der Waals surface area contributed by atoms with E-state index in [9.17, 15) is 18.0 Å². The van der Waals surface area contributed by atoms with Crippen molar-refractivity contribution in [1.29, 1.82) is 0 Å².